The first-order valence-corrected chi connectivity index (χ1v) is 9.66. The summed E-state index contributed by atoms with van der Waals surface area (Å²) in [6.45, 7) is 0.763. The maximum atomic E-state index is 12.5. The van der Waals surface area contributed by atoms with E-state index in [-0.39, 0.29) is 11.5 Å². The Kier molecular flexibility index (Phi) is 5.65. The van der Waals surface area contributed by atoms with Gasteiger partial charge in [0.15, 0.2) is 5.76 Å². The summed E-state index contributed by atoms with van der Waals surface area (Å²) in [5, 5.41) is 4.63. The van der Waals surface area contributed by atoms with Gasteiger partial charge in [0.25, 0.3) is 5.56 Å². The van der Waals surface area contributed by atoms with Gasteiger partial charge in [-0.25, -0.2) is 4.98 Å². The minimum Gasteiger partial charge on any atom is -0.359 e. The monoisotopic (exact) mass is 403 g/mol. The molecule has 0 aliphatic carbocycles. The number of hydrogen-bond acceptors (Lipinski definition) is 6. The Morgan fingerprint density at radius 3 is 2.80 bits per heavy atom. The molecule has 3 aromatic heterocycles. The molecule has 8 heteroatoms. The van der Waals surface area contributed by atoms with E-state index in [1.165, 1.54) is 6.33 Å². The summed E-state index contributed by atoms with van der Waals surface area (Å²) in [5.41, 5.74) is 2.19. The number of pyridine rings is 1. The van der Waals surface area contributed by atoms with Crippen LogP contribution >= 0.6 is 0 Å². The summed E-state index contributed by atoms with van der Waals surface area (Å²) < 4.78 is 6.90. The van der Waals surface area contributed by atoms with Gasteiger partial charge in [-0.2, -0.15) is 0 Å². The van der Waals surface area contributed by atoms with Gasteiger partial charge in [0, 0.05) is 44.0 Å². The highest BCUT2D eigenvalue weighted by Crippen LogP contribution is 2.19. The fourth-order valence-corrected chi connectivity index (χ4v) is 3.23. The number of nitrogens with zero attached hydrogens (tertiary/aromatic N) is 5. The van der Waals surface area contributed by atoms with Crippen molar-refractivity contribution < 1.29 is 9.32 Å². The predicted molar refractivity (Wildman–Crippen MR) is 111 cm³/mol. The molecule has 1 amide bonds. The molecule has 152 valence electrons. The van der Waals surface area contributed by atoms with E-state index >= 15 is 0 Å². The Morgan fingerprint density at radius 2 is 1.97 bits per heavy atom. The van der Waals surface area contributed by atoms with Gasteiger partial charge in [0.1, 0.15) is 5.69 Å². The Bertz CT molecular complexity index is 1220. The second-order valence-corrected chi connectivity index (χ2v) is 7.03. The highest BCUT2D eigenvalue weighted by molar-refractivity contribution is 5.77. The number of carbonyl (C=O) groups is 1. The molecule has 0 unspecified atom stereocenters. The van der Waals surface area contributed by atoms with Crippen LogP contribution in [0.15, 0.2) is 70.5 Å². The number of fused-ring (bicyclic) bond motifs is 1. The molecular weight excluding hydrogens is 382 g/mol. The zero-order chi connectivity index (χ0) is 20.9. The summed E-state index contributed by atoms with van der Waals surface area (Å²) >= 11 is 0. The molecular formula is C22H21N5O3. The number of amides is 1. The van der Waals surface area contributed by atoms with Crippen LogP contribution in [-0.2, 0) is 17.9 Å². The summed E-state index contributed by atoms with van der Waals surface area (Å²) in [6, 6.07) is 12.8. The first-order chi connectivity index (χ1) is 14.6. The van der Waals surface area contributed by atoms with Gasteiger partial charge in [-0.1, -0.05) is 17.3 Å². The van der Waals surface area contributed by atoms with Gasteiger partial charge in [-0.05, 0) is 30.7 Å². The van der Waals surface area contributed by atoms with Crippen LogP contribution in [0.4, 0.5) is 0 Å². The van der Waals surface area contributed by atoms with E-state index in [9.17, 15) is 9.59 Å². The number of rotatable bonds is 7. The van der Waals surface area contributed by atoms with Crippen LogP contribution in [0.3, 0.4) is 0 Å². The van der Waals surface area contributed by atoms with E-state index in [0.29, 0.717) is 48.3 Å². The van der Waals surface area contributed by atoms with Gasteiger partial charge in [0.2, 0.25) is 5.91 Å². The van der Waals surface area contributed by atoms with Crippen LogP contribution < -0.4 is 5.56 Å². The standard InChI is InChI=1S/C22H21N5O3/c1-26(14-17-13-20(25-30-17)16-8-10-23-11-9-16)21(28)7-4-12-27-15-24-19-6-3-2-5-18(19)22(27)29/h2-3,5-6,8-11,13,15H,4,7,12,14H2,1H3. The summed E-state index contributed by atoms with van der Waals surface area (Å²) in [6.07, 6.45) is 5.78. The first-order valence-electron chi connectivity index (χ1n) is 9.66. The smallest absolute Gasteiger partial charge is 0.261 e. The lowest BCUT2D eigenvalue weighted by Gasteiger charge is -2.15. The summed E-state index contributed by atoms with van der Waals surface area (Å²) in [5.74, 6) is 0.575. The zero-order valence-electron chi connectivity index (χ0n) is 16.6. The Labute approximate surface area is 172 Å². The molecule has 0 radical (unpaired) electrons. The Hall–Kier alpha value is -3.81. The SMILES string of the molecule is CN(Cc1cc(-c2ccncc2)no1)C(=O)CCCn1cnc2ccccc2c1=O. The Morgan fingerprint density at radius 1 is 1.17 bits per heavy atom. The maximum Gasteiger partial charge on any atom is 0.261 e. The molecule has 0 saturated heterocycles. The fraction of sp³-hybridized carbons (Fsp3) is 0.227. The van der Waals surface area contributed by atoms with Crippen LogP contribution in [0, 0.1) is 0 Å². The van der Waals surface area contributed by atoms with E-state index in [0.717, 1.165) is 5.56 Å². The molecule has 0 fully saturated rings. The van der Waals surface area contributed by atoms with E-state index in [1.54, 1.807) is 35.0 Å². The van der Waals surface area contributed by atoms with Crippen LogP contribution in [0.1, 0.15) is 18.6 Å². The zero-order valence-corrected chi connectivity index (χ0v) is 16.6. The van der Waals surface area contributed by atoms with Crippen LogP contribution in [0.2, 0.25) is 0 Å². The van der Waals surface area contributed by atoms with Crippen molar-refractivity contribution >= 4 is 16.8 Å². The van der Waals surface area contributed by atoms with Gasteiger partial charge in [0.05, 0.1) is 23.8 Å². The number of benzene rings is 1. The molecule has 0 aliphatic rings. The number of aryl methyl sites for hydroxylation is 1. The third-order valence-corrected chi connectivity index (χ3v) is 4.87. The highest BCUT2D eigenvalue weighted by Gasteiger charge is 2.13. The molecule has 3 heterocycles. The predicted octanol–water partition coefficient (Wildman–Crippen LogP) is 2.89. The van der Waals surface area contributed by atoms with E-state index in [2.05, 4.69) is 15.1 Å². The minimum absolute atomic E-state index is 0.0290. The topological polar surface area (TPSA) is 94.1 Å². The van der Waals surface area contributed by atoms with Gasteiger partial charge >= 0.3 is 0 Å². The van der Waals surface area contributed by atoms with Crippen molar-refractivity contribution in [1.29, 1.82) is 0 Å². The van der Waals surface area contributed by atoms with Crippen LogP contribution in [0.5, 0.6) is 0 Å². The molecule has 4 rings (SSSR count). The second kappa shape index (κ2) is 8.69. The van der Waals surface area contributed by atoms with E-state index in [1.807, 2.05) is 36.4 Å². The van der Waals surface area contributed by atoms with E-state index < -0.39 is 0 Å². The molecule has 30 heavy (non-hydrogen) atoms. The lowest BCUT2D eigenvalue weighted by atomic mass is 10.2. The molecule has 0 aliphatic heterocycles. The molecule has 0 spiro atoms. The molecule has 0 bridgehead atoms. The minimum atomic E-state index is -0.0910. The fourth-order valence-electron chi connectivity index (χ4n) is 3.23. The van der Waals surface area contributed by atoms with E-state index in [4.69, 9.17) is 4.52 Å². The van der Waals surface area contributed by atoms with Crippen LogP contribution in [-0.4, -0.2) is 37.5 Å². The Balaban J connectivity index is 1.32. The van der Waals surface area contributed by atoms with Crippen molar-refractivity contribution in [3.05, 3.63) is 77.3 Å². The highest BCUT2D eigenvalue weighted by atomic mass is 16.5. The molecule has 1 aromatic carbocycles. The first kappa shape index (κ1) is 19.5. The summed E-state index contributed by atoms with van der Waals surface area (Å²) in [7, 11) is 1.72. The number of carbonyl (C=O) groups excluding carboxylic acids is 1. The molecule has 4 aromatic rings. The summed E-state index contributed by atoms with van der Waals surface area (Å²) in [4.78, 5) is 34.8. The number of para-hydroxylation sites is 1. The molecule has 0 saturated carbocycles. The van der Waals surface area contributed by atoms with Gasteiger partial charge in [-0.15, -0.1) is 0 Å². The number of aromatic nitrogens is 4. The lowest BCUT2D eigenvalue weighted by Crippen LogP contribution is -2.27. The second-order valence-electron chi connectivity index (χ2n) is 7.03. The van der Waals surface area contributed by atoms with Gasteiger partial charge in [-0.3, -0.25) is 19.1 Å². The normalized spacial score (nSPS) is 11.0. The third-order valence-electron chi connectivity index (χ3n) is 4.87. The molecule has 0 atom stereocenters. The number of hydrogen-bond donors (Lipinski definition) is 0. The maximum absolute atomic E-state index is 12.5. The van der Waals surface area contributed by atoms with Crippen molar-refractivity contribution in [2.45, 2.75) is 25.9 Å². The van der Waals surface area contributed by atoms with Gasteiger partial charge < -0.3 is 9.42 Å². The quantitative estimate of drug-likeness (QED) is 0.471. The average molecular weight is 403 g/mol. The van der Waals surface area contributed by atoms with Crippen LogP contribution in [0.25, 0.3) is 22.2 Å². The van der Waals surface area contributed by atoms with Crippen molar-refractivity contribution in [2.24, 2.45) is 0 Å². The molecule has 8 nitrogen and oxygen atoms in total. The third kappa shape index (κ3) is 4.27. The van der Waals surface area contributed by atoms with Crippen molar-refractivity contribution in [3.8, 4) is 11.3 Å². The van der Waals surface area contributed by atoms with Crippen molar-refractivity contribution in [2.75, 3.05) is 7.05 Å². The lowest BCUT2D eigenvalue weighted by molar-refractivity contribution is -0.130. The largest absolute Gasteiger partial charge is 0.359 e. The average Bonchev–Trinajstić information content (AvgIpc) is 3.24. The van der Waals surface area contributed by atoms with Crippen molar-refractivity contribution in [3.63, 3.8) is 0 Å². The van der Waals surface area contributed by atoms with Crippen molar-refractivity contribution in [1.82, 2.24) is 24.6 Å². The molecule has 0 N–H and O–H groups in total.